The van der Waals surface area contributed by atoms with E-state index < -0.39 is 0 Å². The molecule has 0 aliphatic carbocycles. The summed E-state index contributed by atoms with van der Waals surface area (Å²) >= 11 is 6.08. The highest BCUT2D eigenvalue weighted by Gasteiger charge is 2.28. The zero-order chi connectivity index (χ0) is 17.3. The number of hydrogen-bond donors (Lipinski definition) is 1. The number of anilines is 2. The van der Waals surface area contributed by atoms with Crippen molar-refractivity contribution in [2.45, 2.75) is 19.3 Å². The largest absolute Gasteiger partial charge is 0.493 e. The van der Waals surface area contributed by atoms with Crippen molar-refractivity contribution in [2.75, 3.05) is 30.9 Å². The summed E-state index contributed by atoms with van der Waals surface area (Å²) in [6.45, 7) is 2.49. The first kappa shape index (κ1) is 16.6. The summed E-state index contributed by atoms with van der Waals surface area (Å²) in [4.78, 5) is 19.0. The van der Waals surface area contributed by atoms with Gasteiger partial charge in [0.15, 0.2) is 0 Å². The number of hydrogen-bond acceptors (Lipinski definition) is 4. The zero-order valence-corrected chi connectivity index (χ0v) is 14.7. The van der Waals surface area contributed by atoms with Crippen LogP contribution in [0.1, 0.15) is 23.5 Å². The molecule has 5 nitrogen and oxygen atoms in total. The molecule has 2 heterocycles. The maximum absolute atomic E-state index is 12.8. The Morgan fingerprint density at radius 3 is 2.92 bits per heavy atom. The molecule has 2 aromatic rings. The van der Waals surface area contributed by atoms with E-state index in [9.17, 15) is 4.79 Å². The molecule has 1 amide bonds. The van der Waals surface area contributed by atoms with Crippen molar-refractivity contribution in [3.8, 4) is 5.75 Å². The molecule has 24 heavy (non-hydrogen) atoms. The van der Waals surface area contributed by atoms with Gasteiger partial charge in [0.25, 0.3) is 0 Å². The number of nitrogens with zero attached hydrogens (tertiary/aromatic N) is 2. The van der Waals surface area contributed by atoms with Crippen LogP contribution in [0.15, 0.2) is 30.6 Å². The molecule has 1 aliphatic rings. The summed E-state index contributed by atoms with van der Waals surface area (Å²) < 4.78 is 5.63. The Hall–Kier alpha value is -2.27. The minimum atomic E-state index is -0.283. The van der Waals surface area contributed by atoms with Crippen LogP contribution < -0.4 is 15.0 Å². The molecule has 0 fully saturated rings. The number of pyridine rings is 1. The Labute approximate surface area is 146 Å². The van der Waals surface area contributed by atoms with Crippen molar-refractivity contribution in [3.63, 3.8) is 0 Å². The molecule has 0 saturated heterocycles. The molecule has 1 unspecified atom stereocenters. The fourth-order valence-electron chi connectivity index (χ4n) is 2.95. The van der Waals surface area contributed by atoms with Gasteiger partial charge in [-0.2, -0.15) is 0 Å². The average Bonchev–Trinajstić information content (AvgIpc) is 2.55. The monoisotopic (exact) mass is 345 g/mol. The van der Waals surface area contributed by atoms with E-state index in [4.69, 9.17) is 16.3 Å². The van der Waals surface area contributed by atoms with Crippen molar-refractivity contribution in [1.82, 2.24) is 4.98 Å². The quantitative estimate of drug-likeness (QED) is 0.923. The van der Waals surface area contributed by atoms with Gasteiger partial charge in [-0.25, -0.2) is 0 Å². The van der Waals surface area contributed by atoms with Gasteiger partial charge in [0.2, 0.25) is 5.91 Å². The molecule has 0 bridgehead atoms. The van der Waals surface area contributed by atoms with Gasteiger partial charge in [-0.3, -0.25) is 9.78 Å². The van der Waals surface area contributed by atoms with Crippen LogP contribution in [-0.4, -0.2) is 31.6 Å². The molecule has 1 aromatic carbocycles. The van der Waals surface area contributed by atoms with Crippen molar-refractivity contribution in [1.29, 1.82) is 0 Å². The van der Waals surface area contributed by atoms with Crippen molar-refractivity contribution < 1.29 is 9.53 Å². The maximum Gasteiger partial charge on any atom is 0.232 e. The number of ether oxygens (including phenoxy) is 1. The molecule has 1 aliphatic heterocycles. The molecule has 126 valence electrons. The van der Waals surface area contributed by atoms with E-state index in [1.165, 1.54) is 0 Å². The highest BCUT2D eigenvalue weighted by atomic mass is 35.5. The van der Waals surface area contributed by atoms with Crippen molar-refractivity contribution in [2.24, 2.45) is 0 Å². The lowest BCUT2D eigenvalue weighted by molar-refractivity contribution is -0.118. The summed E-state index contributed by atoms with van der Waals surface area (Å²) in [5, 5.41) is 3.61. The molecule has 1 N–H and O–H groups in total. The number of halogens is 1. The summed E-state index contributed by atoms with van der Waals surface area (Å²) in [6.07, 6.45) is 4.09. The first-order valence-electron chi connectivity index (χ1n) is 7.82. The number of aromatic nitrogens is 1. The van der Waals surface area contributed by atoms with E-state index in [2.05, 4.69) is 10.3 Å². The third kappa shape index (κ3) is 3.17. The third-order valence-electron chi connectivity index (χ3n) is 4.26. The van der Waals surface area contributed by atoms with E-state index in [1.807, 2.05) is 38.1 Å². The van der Waals surface area contributed by atoms with E-state index in [-0.39, 0.29) is 11.8 Å². The highest BCUT2D eigenvalue weighted by molar-refractivity contribution is 6.30. The van der Waals surface area contributed by atoms with Crippen LogP contribution in [0.5, 0.6) is 5.75 Å². The van der Waals surface area contributed by atoms with Gasteiger partial charge >= 0.3 is 0 Å². The fraction of sp³-hybridized carbons (Fsp3) is 0.333. The predicted molar refractivity (Wildman–Crippen MR) is 96.2 cm³/mol. The van der Waals surface area contributed by atoms with Gasteiger partial charge in [0, 0.05) is 24.7 Å². The molecule has 3 rings (SSSR count). The van der Waals surface area contributed by atoms with Crippen LogP contribution in [0, 0.1) is 6.92 Å². The van der Waals surface area contributed by atoms with E-state index in [0.717, 1.165) is 28.3 Å². The van der Waals surface area contributed by atoms with Crippen LogP contribution in [-0.2, 0) is 4.79 Å². The number of carbonyl (C=O) groups is 1. The summed E-state index contributed by atoms with van der Waals surface area (Å²) in [5.41, 5.74) is 3.52. The van der Waals surface area contributed by atoms with Gasteiger partial charge in [-0.15, -0.1) is 0 Å². The second-order valence-corrected chi connectivity index (χ2v) is 6.52. The van der Waals surface area contributed by atoms with Gasteiger partial charge in [0.1, 0.15) is 5.75 Å². The molecule has 1 atom stereocenters. The zero-order valence-electron chi connectivity index (χ0n) is 14.0. The number of rotatable bonds is 3. The molecule has 0 radical (unpaired) electrons. The van der Waals surface area contributed by atoms with Crippen LogP contribution >= 0.6 is 11.6 Å². The summed E-state index contributed by atoms with van der Waals surface area (Å²) in [7, 11) is 3.90. The van der Waals surface area contributed by atoms with Crippen LogP contribution in [0.2, 0.25) is 5.02 Å². The molecular weight excluding hydrogens is 326 g/mol. The lowest BCUT2D eigenvalue weighted by atomic mass is 9.92. The normalized spacial score (nSPS) is 16.1. The number of fused-ring (bicyclic) bond motifs is 1. The molecule has 6 heteroatoms. The standard InChI is InChI=1S/C18H20ClN3O2/c1-11-15(9-20-10-16(11)22(2)3)21-18(23)13-6-7-24-17-5-4-12(19)8-14(13)17/h4-5,8-10,13H,6-7H2,1-3H3,(H,21,23). The van der Waals surface area contributed by atoms with Crippen molar-refractivity contribution in [3.05, 3.63) is 46.7 Å². The van der Waals surface area contributed by atoms with E-state index in [1.54, 1.807) is 18.5 Å². The Morgan fingerprint density at radius 2 is 2.17 bits per heavy atom. The Bertz CT molecular complexity index is 777. The van der Waals surface area contributed by atoms with Crippen LogP contribution in [0.25, 0.3) is 0 Å². The van der Waals surface area contributed by atoms with E-state index >= 15 is 0 Å². The Kier molecular flexibility index (Phi) is 4.62. The highest BCUT2D eigenvalue weighted by Crippen LogP contribution is 2.36. The number of amides is 1. The first-order valence-corrected chi connectivity index (χ1v) is 8.20. The Morgan fingerprint density at radius 1 is 1.38 bits per heavy atom. The number of nitrogens with one attached hydrogen (secondary N) is 1. The molecular formula is C18H20ClN3O2. The minimum Gasteiger partial charge on any atom is -0.493 e. The minimum absolute atomic E-state index is 0.0670. The van der Waals surface area contributed by atoms with Gasteiger partial charge < -0.3 is 15.0 Å². The lowest BCUT2D eigenvalue weighted by Gasteiger charge is -2.26. The van der Waals surface area contributed by atoms with Crippen molar-refractivity contribution >= 4 is 28.9 Å². The van der Waals surface area contributed by atoms with E-state index in [0.29, 0.717) is 18.1 Å². The van der Waals surface area contributed by atoms with Gasteiger partial charge in [0.05, 0.1) is 36.3 Å². The first-order chi connectivity index (χ1) is 11.5. The fourth-order valence-corrected chi connectivity index (χ4v) is 3.13. The SMILES string of the molecule is Cc1c(NC(=O)C2CCOc3ccc(Cl)cc32)cncc1N(C)C. The second-order valence-electron chi connectivity index (χ2n) is 6.09. The molecule has 1 aromatic heterocycles. The van der Waals surface area contributed by atoms with Crippen LogP contribution in [0.4, 0.5) is 11.4 Å². The topological polar surface area (TPSA) is 54.5 Å². The summed E-state index contributed by atoms with van der Waals surface area (Å²) in [5.74, 6) is 0.375. The molecule has 0 spiro atoms. The average molecular weight is 346 g/mol. The Balaban J connectivity index is 1.87. The third-order valence-corrected chi connectivity index (χ3v) is 4.49. The molecule has 0 saturated carbocycles. The number of benzene rings is 1. The predicted octanol–water partition coefficient (Wildman–Crippen LogP) is 3.61. The number of carbonyl (C=O) groups excluding carboxylic acids is 1. The van der Waals surface area contributed by atoms with Gasteiger partial charge in [-0.05, 0) is 37.1 Å². The van der Waals surface area contributed by atoms with Crippen LogP contribution in [0.3, 0.4) is 0 Å². The van der Waals surface area contributed by atoms with Gasteiger partial charge in [-0.1, -0.05) is 11.6 Å². The second kappa shape index (κ2) is 6.69. The smallest absolute Gasteiger partial charge is 0.232 e. The lowest BCUT2D eigenvalue weighted by Crippen LogP contribution is -2.27. The summed E-state index contributed by atoms with van der Waals surface area (Å²) in [6, 6.07) is 5.40. The maximum atomic E-state index is 12.8.